The second-order valence-electron chi connectivity index (χ2n) is 4.46. The second-order valence-corrected chi connectivity index (χ2v) is 4.46. The van der Waals surface area contributed by atoms with E-state index >= 15 is 0 Å². The van der Waals surface area contributed by atoms with E-state index in [4.69, 9.17) is 4.74 Å². The Kier molecular flexibility index (Phi) is 12.0. The molecule has 0 aromatic heterocycles. The fraction of sp³-hybridized carbons (Fsp3) is 0.438. The monoisotopic (exact) mass is 455 g/mol. The minimum atomic E-state index is -2.89. The molecule has 0 saturated heterocycles. The van der Waals surface area contributed by atoms with Crippen molar-refractivity contribution in [1.29, 1.82) is 0 Å². The molecule has 8 heteroatoms. The number of hydrogen-bond acceptors (Lipinski definition) is 3. The van der Waals surface area contributed by atoms with Gasteiger partial charge in [-0.15, -0.1) is 30.6 Å². The molecule has 0 fully saturated rings. The maximum atomic E-state index is 12.4. The molecule has 136 valence electrons. The molecule has 0 amide bonds. The van der Waals surface area contributed by atoms with Crippen LogP contribution in [0.25, 0.3) is 0 Å². The molecule has 1 rings (SSSR count). The largest absolute Gasteiger partial charge is 0.490 e. The normalized spacial score (nSPS) is 10.8. The standard InChI is InChI=1S/C16H23F2N3O2.HI/c1-4-9-20-16(19-5-2)21-11-12-7-8-13(23-15(17)18)14(10-12)22-6-3;/h4,7-8,10,15H,1,5-6,9,11H2,2-3H3,(H2,19,20,21);1H. The van der Waals surface area contributed by atoms with E-state index in [1.807, 2.05) is 6.92 Å². The maximum Gasteiger partial charge on any atom is 0.387 e. The first-order chi connectivity index (χ1) is 11.1. The van der Waals surface area contributed by atoms with Gasteiger partial charge in [0.1, 0.15) is 0 Å². The zero-order valence-corrected chi connectivity index (χ0v) is 16.2. The lowest BCUT2D eigenvalue weighted by atomic mass is 10.2. The number of hydrogen-bond donors (Lipinski definition) is 2. The molecule has 0 atom stereocenters. The lowest BCUT2D eigenvalue weighted by Crippen LogP contribution is -2.37. The number of alkyl halides is 2. The van der Waals surface area contributed by atoms with Crippen LogP contribution in [0.5, 0.6) is 11.5 Å². The van der Waals surface area contributed by atoms with Gasteiger partial charge in [0.25, 0.3) is 0 Å². The zero-order valence-electron chi connectivity index (χ0n) is 13.9. The highest BCUT2D eigenvalue weighted by Crippen LogP contribution is 2.30. The van der Waals surface area contributed by atoms with Crippen molar-refractivity contribution in [2.45, 2.75) is 27.0 Å². The first-order valence-electron chi connectivity index (χ1n) is 7.44. The molecule has 0 spiro atoms. The van der Waals surface area contributed by atoms with Crippen molar-refractivity contribution in [3.05, 3.63) is 36.4 Å². The molecular formula is C16H24F2IN3O2. The average Bonchev–Trinajstić information content (AvgIpc) is 2.52. The number of halogens is 3. The number of benzene rings is 1. The van der Waals surface area contributed by atoms with E-state index in [9.17, 15) is 8.78 Å². The zero-order chi connectivity index (χ0) is 17.1. The number of ether oxygens (including phenoxy) is 2. The van der Waals surface area contributed by atoms with Crippen LogP contribution in [-0.4, -0.2) is 32.3 Å². The smallest absolute Gasteiger partial charge is 0.387 e. The van der Waals surface area contributed by atoms with Gasteiger partial charge >= 0.3 is 6.61 Å². The molecule has 5 nitrogen and oxygen atoms in total. The van der Waals surface area contributed by atoms with Crippen LogP contribution in [0, 0.1) is 0 Å². The topological polar surface area (TPSA) is 54.9 Å². The molecule has 0 unspecified atom stereocenters. The maximum absolute atomic E-state index is 12.4. The lowest BCUT2D eigenvalue weighted by Gasteiger charge is -2.13. The quantitative estimate of drug-likeness (QED) is 0.259. The van der Waals surface area contributed by atoms with Crippen LogP contribution in [0.1, 0.15) is 19.4 Å². The Bertz CT molecular complexity index is 528. The predicted molar refractivity (Wildman–Crippen MR) is 103 cm³/mol. The van der Waals surface area contributed by atoms with Crippen molar-refractivity contribution < 1.29 is 18.3 Å². The van der Waals surface area contributed by atoms with Gasteiger partial charge in [0.05, 0.1) is 13.2 Å². The summed E-state index contributed by atoms with van der Waals surface area (Å²) < 4.78 is 34.5. The van der Waals surface area contributed by atoms with Gasteiger partial charge in [-0.25, -0.2) is 4.99 Å². The van der Waals surface area contributed by atoms with Crippen LogP contribution in [0.4, 0.5) is 8.78 Å². The average molecular weight is 455 g/mol. The Morgan fingerprint density at radius 3 is 2.62 bits per heavy atom. The van der Waals surface area contributed by atoms with Crippen LogP contribution in [0.15, 0.2) is 35.8 Å². The third kappa shape index (κ3) is 8.32. The van der Waals surface area contributed by atoms with Gasteiger partial charge in [-0.2, -0.15) is 8.78 Å². The third-order valence-corrected chi connectivity index (χ3v) is 2.70. The van der Waals surface area contributed by atoms with Gasteiger partial charge in [-0.1, -0.05) is 12.1 Å². The van der Waals surface area contributed by atoms with E-state index in [1.165, 1.54) is 6.07 Å². The summed E-state index contributed by atoms with van der Waals surface area (Å²) in [6.45, 7) is 6.55. The molecular weight excluding hydrogens is 431 g/mol. The van der Waals surface area contributed by atoms with Crippen LogP contribution < -0.4 is 20.1 Å². The fourth-order valence-electron chi connectivity index (χ4n) is 1.79. The molecule has 0 heterocycles. The highest BCUT2D eigenvalue weighted by atomic mass is 127. The number of nitrogens with one attached hydrogen (secondary N) is 2. The summed E-state index contributed by atoms with van der Waals surface area (Å²) in [6.07, 6.45) is 1.73. The van der Waals surface area contributed by atoms with Crippen molar-refractivity contribution in [3.8, 4) is 11.5 Å². The SMILES string of the molecule is C=CCNC(=NCc1ccc(OC(F)F)c(OCC)c1)NCC.I. The van der Waals surface area contributed by atoms with Crippen molar-refractivity contribution in [2.24, 2.45) is 4.99 Å². The van der Waals surface area contributed by atoms with Gasteiger partial charge in [0.2, 0.25) is 0 Å². The summed E-state index contributed by atoms with van der Waals surface area (Å²) in [4.78, 5) is 4.42. The minimum Gasteiger partial charge on any atom is -0.490 e. The Morgan fingerprint density at radius 1 is 1.29 bits per heavy atom. The Hall–Kier alpha value is -1.58. The molecule has 0 saturated carbocycles. The highest BCUT2D eigenvalue weighted by Gasteiger charge is 2.11. The Labute approximate surface area is 158 Å². The van der Waals surface area contributed by atoms with Gasteiger partial charge in [-0.3, -0.25) is 0 Å². The van der Waals surface area contributed by atoms with Gasteiger partial charge < -0.3 is 20.1 Å². The van der Waals surface area contributed by atoms with Crippen LogP contribution in [-0.2, 0) is 6.54 Å². The number of aliphatic imine (C=N–C) groups is 1. The number of rotatable bonds is 9. The molecule has 0 bridgehead atoms. The minimum absolute atomic E-state index is 0. The van der Waals surface area contributed by atoms with Gasteiger partial charge in [0.15, 0.2) is 17.5 Å². The number of guanidine groups is 1. The summed E-state index contributed by atoms with van der Waals surface area (Å²) in [6, 6.07) is 4.80. The molecule has 1 aromatic carbocycles. The molecule has 0 radical (unpaired) electrons. The Morgan fingerprint density at radius 2 is 2.04 bits per heavy atom. The highest BCUT2D eigenvalue weighted by molar-refractivity contribution is 14.0. The molecule has 1 aromatic rings. The van der Waals surface area contributed by atoms with Crippen molar-refractivity contribution >= 4 is 29.9 Å². The number of nitrogens with zero attached hydrogens (tertiary/aromatic N) is 1. The molecule has 0 aliphatic rings. The first kappa shape index (κ1) is 22.4. The molecule has 0 aliphatic heterocycles. The van der Waals surface area contributed by atoms with E-state index in [2.05, 4.69) is 26.9 Å². The van der Waals surface area contributed by atoms with Crippen LogP contribution in [0.3, 0.4) is 0 Å². The van der Waals surface area contributed by atoms with Crippen molar-refractivity contribution in [2.75, 3.05) is 19.7 Å². The van der Waals surface area contributed by atoms with E-state index in [0.717, 1.165) is 12.1 Å². The van der Waals surface area contributed by atoms with Gasteiger partial charge in [0, 0.05) is 13.1 Å². The van der Waals surface area contributed by atoms with Crippen molar-refractivity contribution in [3.63, 3.8) is 0 Å². The Balaban J connectivity index is 0.00000529. The summed E-state index contributed by atoms with van der Waals surface area (Å²) in [5.74, 6) is 0.953. The summed E-state index contributed by atoms with van der Waals surface area (Å²) >= 11 is 0. The van der Waals surface area contributed by atoms with E-state index in [0.29, 0.717) is 25.7 Å². The third-order valence-electron chi connectivity index (χ3n) is 2.70. The van der Waals surface area contributed by atoms with Crippen LogP contribution >= 0.6 is 24.0 Å². The predicted octanol–water partition coefficient (Wildman–Crippen LogP) is 3.55. The molecule has 2 N–H and O–H groups in total. The molecule has 24 heavy (non-hydrogen) atoms. The first-order valence-corrected chi connectivity index (χ1v) is 7.44. The van der Waals surface area contributed by atoms with Crippen LogP contribution in [0.2, 0.25) is 0 Å². The van der Waals surface area contributed by atoms with Crippen molar-refractivity contribution in [1.82, 2.24) is 10.6 Å². The summed E-state index contributed by atoms with van der Waals surface area (Å²) in [7, 11) is 0. The van der Waals surface area contributed by atoms with E-state index in [-0.39, 0.29) is 35.5 Å². The lowest BCUT2D eigenvalue weighted by molar-refractivity contribution is -0.0514. The van der Waals surface area contributed by atoms with E-state index in [1.54, 1.807) is 25.1 Å². The fourth-order valence-corrected chi connectivity index (χ4v) is 1.79. The van der Waals surface area contributed by atoms with E-state index < -0.39 is 6.61 Å². The summed E-state index contributed by atoms with van der Waals surface area (Å²) in [5.41, 5.74) is 0.825. The summed E-state index contributed by atoms with van der Waals surface area (Å²) in [5, 5.41) is 6.18. The second kappa shape index (κ2) is 12.8. The molecule has 0 aliphatic carbocycles. The van der Waals surface area contributed by atoms with Gasteiger partial charge in [-0.05, 0) is 31.5 Å².